The number of halogens is 2. The van der Waals surface area contributed by atoms with Crippen molar-refractivity contribution in [2.45, 2.75) is 20.3 Å². The third-order valence-electron chi connectivity index (χ3n) is 2.43. The predicted octanol–water partition coefficient (Wildman–Crippen LogP) is 4.09. The molecule has 0 radical (unpaired) electrons. The van der Waals surface area contributed by atoms with Crippen LogP contribution in [0.3, 0.4) is 0 Å². The minimum Gasteiger partial charge on any atom is -0.358 e. The Kier molecular flexibility index (Phi) is 5.06. The van der Waals surface area contributed by atoms with Crippen LogP contribution in [0, 0.1) is 5.92 Å². The lowest BCUT2D eigenvalue weighted by molar-refractivity contribution is 0.557. The van der Waals surface area contributed by atoms with Gasteiger partial charge >= 0.3 is 0 Å². The first kappa shape index (κ1) is 13.0. The predicted molar refractivity (Wildman–Crippen MR) is 72.4 cm³/mol. The van der Waals surface area contributed by atoms with Crippen LogP contribution in [0.4, 0.5) is 5.82 Å². The van der Waals surface area contributed by atoms with E-state index in [9.17, 15) is 0 Å². The Balaban J connectivity index is 2.77. The minimum atomic E-state index is 0.687. The SMILES string of the molecule is CCC(C)CN(C)c1ncc(Br)cc1Br. The third kappa shape index (κ3) is 3.76. The number of aromatic nitrogens is 1. The Morgan fingerprint density at radius 3 is 2.67 bits per heavy atom. The van der Waals surface area contributed by atoms with Crippen LogP contribution >= 0.6 is 31.9 Å². The molecule has 1 aromatic heterocycles. The van der Waals surface area contributed by atoms with Gasteiger partial charge in [-0.1, -0.05) is 20.3 Å². The summed E-state index contributed by atoms with van der Waals surface area (Å²) in [5.41, 5.74) is 0. The molecule has 2 nitrogen and oxygen atoms in total. The molecule has 1 aromatic rings. The van der Waals surface area contributed by atoms with E-state index in [0.29, 0.717) is 5.92 Å². The first-order valence-electron chi connectivity index (χ1n) is 5.06. The lowest BCUT2D eigenvalue weighted by Crippen LogP contribution is -2.24. The summed E-state index contributed by atoms with van der Waals surface area (Å²) in [4.78, 5) is 6.58. The first-order chi connectivity index (χ1) is 7.04. The van der Waals surface area contributed by atoms with Gasteiger partial charge in [0.05, 0.1) is 4.47 Å². The van der Waals surface area contributed by atoms with Crippen molar-refractivity contribution in [1.29, 1.82) is 0 Å². The van der Waals surface area contributed by atoms with E-state index in [1.54, 1.807) is 0 Å². The molecule has 0 amide bonds. The second-order valence-corrected chi connectivity index (χ2v) is 5.62. The summed E-state index contributed by atoms with van der Waals surface area (Å²) in [6.07, 6.45) is 3.02. The number of nitrogens with zero attached hydrogens (tertiary/aromatic N) is 2. The minimum absolute atomic E-state index is 0.687. The van der Waals surface area contributed by atoms with Crippen LogP contribution in [-0.2, 0) is 0 Å². The lowest BCUT2D eigenvalue weighted by Gasteiger charge is -2.22. The van der Waals surface area contributed by atoms with Crippen LogP contribution in [0.2, 0.25) is 0 Å². The van der Waals surface area contributed by atoms with Crippen molar-refractivity contribution in [3.63, 3.8) is 0 Å². The van der Waals surface area contributed by atoms with Crippen molar-refractivity contribution in [3.8, 4) is 0 Å². The number of hydrogen-bond acceptors (Lipinski definition) is 2. The Labute approximate surface area is 108 Å². The van der Waals surface area contributed by atoms with Crippen molar-refractivity contribution in [1.82, 2.24) is 4.98 Å². The zero-order chi connectivity index (χ0) is 11.4. The zero-order valence-corrected chi connectivity index (χ0v) is 12.5. The van der Waals surface area contributed by atoms with Crippen LogP contribution in [0.25, 0.3) is 0 Å². The fourth-order valence-corrected chi connectivity index (χ4v) is 2.66. The Morgan fingerprint density at radius 1 is 1.47 bits per heavy atom. The highest BCUT2D eigenvalue weighted by Crippen LogP contribution is 2.26. The molecule has 0 aromatic carbocycles. The lowest BCUT2D eigenvalue weighted by atomic mass is 10.1. The molecule has 1 atom stereocenters. The summed E-state index contributed by atoms with van der Waals surface area (Å²) in [6.45, 7) is 5.50. The molecular formula is C11H16Br2N2. The topological polar surface area (TPSA) is 16.1 Å². The fourth-order valence-electron chi connectivity index (χ4n) is 1.37. The van der Waals surface area contributed by atoms with E-state index >= 15 is 0 Å². The highest BCUT2D eigenvalue weighted by atomic mass is 79.9. The van der Waals surface area contributed by atoms with E-state index in [0.717, 1.165) is 21.3 Å². The first-order valence-corrected chi connectivity index (χ1v) is 6.65. The quantitative estimate of drug-likeness (QED) is 0.823. The molecule has 0 aliphatic heterocycles. The molecule has 0 fully saturated rings. The van der Waals surface area contributed by atoms with Crippen LogP contribution in [0.15, 0.2) is 21.2 Å². The second kappa shape index (κ2) is 5.85. The van der Waals surface area contributed by atoms with Crippen molar-refractivity contribution in [2.75, 3.05) is 18.5 Å². The van der Waals surface area contributed by atoms with Gasteiger partial charge < -0.3 is 4.90 Å². The van der Waals surface area contributed by atoms with Gasteiger partial charge in [-0.25, -0.2) is 4.98 Å². The van der Waals surface area contributed by atoms with Gasteiger partial charge in [-0.3, -0.25) is 0 Å². The van der Waals surface area contributed by atoms with Gasteiger partial charge in [-0.05, 0) is 43.8 Å². The van der Waals surface area contributed by atoms with Crippen molar-refractivity contribution >= 4 is 37.7 Å². The molecule has 0 aliphatic rings. The van der Waals surface area contributed by atoms with E-state index in [2.05, 4.69) is 62.6 Å². The average Bonchev–Trinajstić information content (AvgIpc) is 2.17. The van der Waals surface area contributed by atoms with E-state index in [-0.39, 0.29) is 0 Å². The molecule has 0 saturated carbocycles. The molecule has 0 aliphatic carbocycles. The molecule has 0 N–H and O–H groups in total. The Hall–Kier alpha value is -0.0900. The number of rotatable bonds is 4. The fraction of sp³-hybridized carbons (Fsp3) is 0.545. The standard InChI is InChI=1S/C11H16Br2N2/c1-4-8(2)7-15(3)11-10(13)5-9(12)6-14-11/h5-6,8H,4,7H2,1-3H3. The number of pyridine rings is 1. The summed E-state index contributed by atoms with van der Waals surface area (Å²) < 4.78 is 2.03. The van der Waals surface area contributed by atoms with Crippen molar-refractivity contribution in [3.05, 3.63) is 21.2 Å². The molecule has 4 heteroatoms. The molecule has 0 saturated heterocycles. The van der Waals surface area contributed by atoms with E-state index < -0.39 is 0 Å². The van der Waals surface area contributed by atoms with Crippen LogP contribution in [0.5, 0.6) is 0 Å². The zero-order valence-electron chi connectivity index (χ0n) is 9.30. The van der Waals surface area contributed by atoms with Gasteiger partial charge in [0.25, 0.3) is 0 Å². The van der Waals surface area contributed by atoms with E-state index in [4.69, 9.17) is 0 Å². The van der Waals surface area contributed by atoms with Crippen LogP contribution in [0.1, 0.15) is 20.3 Å². The third-order valence-corrected chi connectivity index (χ3v) is 3.45. The largest absolute Gasteiger partial charge is 0.358 e. The molecular weight excluding hydrogens is 320 g/mol. The van der Waals surface area contributed by atoms with Crippen LogP contribution < -0.4 is 4.90 Å². The molecule has 1 unspecified atom stereocenters. The summed E-state index contributed by atoms with van der Waals surface area (Å²) in [6, 6.07) is 2.02. The maximum atomic E-state index is 4.40. The molecule has 15 heavy (non-hydrogen) atoms. The molecule has 0 spiro atoms. The maximum Gasteiger partial charge on any atom is 0.142 e. The Morgan fingerprint density at radius 2 is 2.13 bits per heavy atom. The number of anilines is 1. The van der Waals surface area contributed by atoms with Gasteiger partial charge in [0.15, 0.2) is 0 Å². The smallest absolute Gasteiger partial charge is 0.142 e. The van der Waals surface area contributed by atoms with Crippen molar-refractivity contribution in [2.24, 2.45) is 5.92 Å². The monoisotopic (exact) mass is 334 g/mol. The highest BCUT2D eigenvalue weighted by molar-refractivity contribution is 9.11. The molecule has 0 bridgehead atoms. The summed E-state index contributed by atoms with van der Waals surface area (Å²) in [7, 11) is 2.08. The van der Waals surface area contributed by atoms with Gasteiger partial charge in [0, 0.05) is 24.3 Å². The Bertz CT molecular complexity index is 328. The highest BCUT2D eigenvalue weighted by Gasteiger charge is 2.10. The van der Waals surface area contributed by atoms with E-state index in [1.165, 1.54) is 6.42 Å². The van der Waals surface area contributed by atoms with E-state index in [1.807, 2.05) is 12.3 Å². The van der Waals surface area contributed by atoms with Gasteiger partial charge in [0.2, 0.25) is 0 Å². The maximum absolute atomic E-state index is 4.40. The summed E-state index contributed by atoms with van der Waals surface area (Å²) >= 11 is 6.92. The van der Waals surface area contributed by atoms with Crippen molar-refractivity contribution < 1.29 is 0 Å². The van der Waals surface area contributed by atoms with Gasteiger partial charge in [-0.15, -0.1) is 0 Å². The molecule has 1 heterocycles. The summed E-state index contributed by atoms with van der Waals surface area (Å²) in [5, 5.41) is 0. The normalized spacial score (nSPS) is 12.6. The van der Waals surface area contributed by atoms with Gasteiger partial charge in [0.1, 0.15) is 5.82 Å². The second-order valence-electron chi connectivity index (χ2n) is 3.85. The molecule has 1 rings (SSSR count). The van der Waals surface area contributed by atoms with Crippen LogP contribution in [-0.4, -0.2) is 18.6 Å². The summed E-state index contributed by atoms with van der Waals surface area (Å²) in [5.74, 6) is 1.69. The van der Waals surface area contributed by atoms with Gasteiger partial charge in [-0.2, -0.15) is 0 Å². The average molecular weight is 336 g/mol. The molecule has 84 valence electrons. The number of hydrogen-bond donors (Lipinski definition) is 0.